The van der Waals surface area contributed by atoms with E-state index in [1.807, 2.05) is 11.9 Å². The van der Waals surface area contributed by atoms with Gasteiger partial charge < -0.3 is 25.1 Å². The van der Waals surface area contributed by atoms with E-state index >= 15 is 0 Å². The van der Waals surface area contributed by atoms with E-state index in [0.29, 0.717) is 29.8 Å². The molecule has 1 fully saturated rings. The number of likely N-dealkylation sites (N-methyl/N-ethyl adjacent to an activating group) is 1. The Bertz CT molecular complexity index is 1660. The van der Waals surface area contributed by atoms with Gasteiger partial charge >= 0.3 is 6.18 Å². The number of furan rings is 1. The maximum atomic E-state index is 14.1. The highest BCUT2D eigenvalue weighted by molar-refractivity contribution is 6.05. The maximum absolute atomic E-state index is 14.1. The number of carbonyl (C=O) groups excluding carboxylic acids is 1. The molecular weight excluding hydrogens is 575 g/mol. The van der Waals surface area contributed by atoms with Gasteiger partial charge in [0.2, 0.25) is 5.88 Å². The summed E-state index contributed by atoms with van der Waals surface area (Å²) in [6, 6.07) is 10.4. The number of alkyl halides is 3. The van der Waals surface area contributed by atoms with Crippen molar-refractivity contribution in [1.29, 1.82) is 0 Å². The number of hydrogen-bond donors (Lipinski definition) is 2. The Morgan fingerprint density at radius 2 is 1.91 bits per heavy atom. The number of nitrogen functional groups attached to an aromatic ring is 1. The van der Waals surface area contributed by atoms with Gasteiger partial charge in [0.05, 0.1) is 23.0 Å². The lowest BCUT2D eigenvalue weighted by Gasteiger charge is -2.33. The Labute approximate surface area is 252 Å². The van der Waals surface area contributed by atoms with Crippen LogP contribution in [0.5, 0.6) is 11.6 Å². The van der Waals surface area contributed by atoms with E-state index in [9.17, 15) is 18.0 Å². The molecule has 0 bridgehead atoms. The fraction of sp³-hybridized carbons (Fsp3) is 0.290. The van der Waals surface area contributed by atoms with Crippen LogP contribution < -0.4 is 15.8 Å². The minimum absolute atomic E-state index is 0.0324. The normalized spacial score (nSPS) is 14.7. The zero-order chi connectivity index (χ0) is 31.4. The molecule has 44 heavy (non-hydrogen) atoms. The predicted octanol–water partition coefficient (Wildman–Crippen LogP) is 5.49. The Balaban J connectivity index is 1.39. The molecular formula is C31H32F3N7O3. The van der Waals surface area contributed by atoms with Crippen LogP contribution in [0.4, 0.5) is 24.7 Å². The molecule has 0 aliphatic carbocycles. The van der Waals surface area contributed by atoms with Gasteiger partial charge in [-0.3, -0.25) is 14.7 Å². The summed E-state index contributed by atoms with van der Waals surface area (Å²) < 4.78 is 53.4. The monoisotopic (exact) mass is 607 g/mol. The van der Waals surface area contributed by atoms with Crippen LogP contribution in [0, 0.1) is 6.92 Å². The lowest BCUT2D eigenvalue weighted by Crippen LogP contribution is -2.44. The number of rotatable bonds is 8. The average molecular weight is 608 g/mol. The number of nitrogens with one attached hydrogen (secondary N) is 1. The number of aryl methyl sites for hydroxylation is 1. The lowest BCUT2D eigenvalue weighted by atomic mass is 10.0. The Morgan fingerprint density at radius 3 is 2.59 bits per heavy atom. The van der Waals surface area contributed by atoms with Crippen molar-refractivity contribution in [3.05, 3.63) is 82.8 Å². The number of nitrogens with two attached hydrogens (primary N) is 1. The van der Waals surface area contributed by atoms with Crippen molar-refractivity contribution in [3.63, 3.8) is 0 Å². The third-order valence-corrected chi connectivity index (χ3v) is 7.31. The standard InChI is InChI=1S/C31H32F3N7O3/c1-19-4-7-23(44-30-25(16-36-2)27(35)38-28(39-30)21-8-13-43-18-21)15-24(19)29(42)37-22-6-5-20(26(14-22)31(32,33)34)17-41-11-9-40(3)10-12-41/h4-8,13-16,18H,9-12,17H2,1-3H3,(H,37,42)(H2,35,38,39). The van der Waals surface area contributed by atoms with Crippen molar-refractivity contribution in [2.45, 2.75) is 19.6 Å². The summed E-state index contributed by atoms with van der Waals surface area (Å²) in [6.07, 6.45) is -0.193. The van der Waals surface area contributed by atoms with Crippen molar-refractivity contribution in [2.24, 2.45) is 4.99 Å². The fourth-order valence-corrected chi connectivity index (χ4v) is 4.84. The molecule has 13 heteroatoms. The second kappa shape index (κ2) is 12.9. The summed E-state index contributed by atoms with van der Waals surface area (Å²) in [5, 5.41) is 2.62. The number of piperazine rings is 1. The van der Waals surface area contributed by atoms with Gasteiger partial charge in [-0.15, -0.1) is 0 Å². The lowest BCUT2D eigenvalue weighted by molar-refractivity contribution is -0.138. The van der Waals surface area contributed by atoms with Crippen molar-refractivity contribution in [1.82, 2.24) is 19.8 Å². The van der Waals surface area contributed by atoms with Crippen LogP contribution in [0.1, 0.15) is 32.6 Å². The molecule has 2 aromatic carbocycles. The van der Waals surface area contributed by atoms with E-state index in [2.05, 4.69) is 25.2 Å². The summed E-state index contributed by atoms with van der Waals surface area (Å²) in [4.78, 5) is 30.2. The fourth-order valence-electron chi connectivity index (χ4n) is 4.84. The number of hydrogen-bond acceptors (Lipinski definition) is 9. The van der Waals surface area contributed by atoms with Gasteiger partial charge in [0.1, 0.15) is 17.8 Å². The summed E-state index contributed by atoms with van der Waals surface area (Å²) in [5.41, 5.74) is 7.30. The molecule has 3 N–H and O–H groups in total. The van der Waals surface area contributed by atoms with Crippen LogP contribution in [0.3, 0.4) is 0 Å². The first-order chi connectivity index (χ1) is 21.0. The second-order valence-corrected chi connectivity index (χ2v) is 10.5. The topological polar surface area (TPSA) is 122 Å². The summed E-state index contributed by atoms with van der Waals surface area (Å²) in [7, 11) is 3.55. The van der Waals surface area contributed by atoms with Crippen LogP contribution in [-0.4, -0.2) is 72.2 Å². The third kappa shape index (κ3) is 7.06. The molecule has 0 spiro atoms. The number of carbonyl (C=O) groups is 1. The molecule has 1 aliphatic heterocycles. The Hall–Kier alpha value is -4.75. The van der Waals surface area contributed by atoms with E-state index < -0.39 is 17.6 Å². The molecule has 1 saturated heterocycles. The zero-order valence-corrected chi connectivity index (χ0v) is 24.5. The van der Waals surface area contributed by atoms with Gasteiger partial charge in [-0.05, 0) is 55.4 Å². The number of anilines is 2. The van der Waals surface area contributed by atoms with Crippen LogP contribution in [0.25, 0.3) is 11.4 Å². The SMILES string of the molecule is CN=Cc1c(N)nc(-c2ccoc2)nc1Oc1ccc(C)c(C(=O)Nc2ccc(CN3CCN(C)CC3)c(C(F)(F)F)c2)c1. The molecule has 0 radical (unpaired) electrons. The smallest absolute Gasteiger partial charge is 0.416 e. The predicted molar refractivity (Wildman–Crippen MR) is 161 cm³/mol. The van der Waals surface area contributed by atoms with E-state index in [1.54, 1.807) is 32.2 Å². The first-order valence-electron chi connectivity index (χ1n) is 13.8. The quantitative estimate of drug-likeness (QED) is 0.252. The highest BCUT2D eigenvalue weighted by Crippen LogP contribution is 2.35. The molecule has 0 unspecified atom stereocenters. The molecule has 1 aliphatic rings. The van der Waals surface area contributed by atoms with Crippen molar-refractivity contribution < 1.29 is 27.1 Å². The molecule has 10 nitrogen and oxygen atoms in total. The molecule has 0 atom stereocenters. The van der Waals surface area contributed by atoms with Gasteiger partial charge in [0.15, 0.2) is 5.82 Å². The summed E-state index contributed by atoms with van der Waals surface area (Å²) >= 11 is 0. The van der Waals surface area contributed by atoms with Gasteiger partial charge in [-0.1, -0.05) is 12.1 Å². The van der Waals surface area contributed by atoms with E-state index in [1.165, 1.54) is 36.9 Å². The largest absolute Gasteiger partial charge is 0.472 e. The molecule has 1 amide bonds. The van der Waals surface area contributed by atoms with Crippen LogP contribution in [0.15, 0.2) is 64.4 Å². The van der Waals surface area contributed by atoms with Crippen molar-refractivity contribution in [3.8, 4) is 23.0 Å². The average Bonchev–Trinajstić information content (AvgIpc) is 3.52. The molecule has 0 saturated carbocycles. The van der Waals surface area contributed by atoms with Crippen LogP contribution in [0.2, 0.25) is 0 Å². The molecule has 5 rings (SSSR count). The highest BCUT2D eigenvalue weighted by atomic mass is 19.4. The van der Waals surface area contributed by atoms with Gasteiger partial charge in [0, 0.05) is 57.2 Å². The first-order valence-corrected chi connectivity index (χ1v) is 13.8. The molecule has 3 heterocycles. The second-order valence-electron chi connectivity index (χ2n) is 10.5. The van der Waals surface area contributed by atoms with Gasteiger partial charge in [-0.2, -0.15) is 18.2 Å². The summed E-state index contributed by atoms with van der Waals surface area (Å²) in [6.45, 7) is 4.85. The van der Waals surface area contributed by atoms with Gasteiger partial charge in [-0.25, -0.2) is 4.98 Å². The number of benzene rings is 2. The molecule has 230 valence electrons. The number of aliphatic imine (C=N–C) groups is 1. The number of aromatic nitrogens is 2. The first kappa shape index (κ1) is 30.7. The zero-order valence-electron chi connectivity index (χ0n) is 24.5. The number of nitrogens with zero attached hydrogens (tertiary/aromatic N) is 5. The molecule has 2 aromatic heterocycles. The third-order valence-electron chi connectivity index (χ3n) is 7.31. The van der Waals surface area contributed by atoms with Gasteiger partial charge in [0.25, 0.3) is 5.91 Å². The Kier molecular flexibility index (Phi) is 8.97. The van der Waals surface area contributed by atoms with Crippen molar-refractivity contribution in [2.75, 3.05) is 51.3 Å². The van der Waals surface area contributed by atoms with Crippen LogP contribution in [-0.2, 0) is 12.7 Å². The summed E-state index contributed by atoms with van der Waals surface area (Å²) in [5.74, 6) is 0.144. The number of ether oxygens (including phenoxy) is 1. The van der Waals surface area contributed by atoms with E-state index in [4.69, 9.17) is 14.9 Å². The Morgan fingerprint density at radius 1 is 1.14 bits per heavy atom. The minimum Gasteiger partial charge on any atom is -0.472 e. The number of amides is 1. The number of halogens is 3. The van der Waals surface area contributed by atoms with Crippen LogP contribution >= 0.6 is 0 Å². The molecule has 4 aromatic rings. The maximum Gasteiger partial charge on any atom is 0.416 e. The van der Waals surface area contributed by atoms with Crippen molar-refractivity contribution >= 4 is 23.6 Å². The van der Waals surface area contributed by atoms with E-state index in [0.717, 1.165) is 19.2 Å². The minimum atomic E-state index is -4.58. The van der Waals surface area contributed by atoms with E-state index in [-0.39, 0.29) is 46.6 Å². The highest BCUT2D eigenvalue weighted by Gasteiger charge is 2.34.